The molecule has 0 spiro atoms. The van der Waals surface area contributed by atoms with Crippen LogP contribution in [0.25, 0.3) is 11.0 Å². The number of phosphoric acid groups is 1. The van der Waals surface area contributed by atoms with Crippen LogP contribution in [0.1, 0.15) is 6.42 Å². The van der Waals surface area contributed by atoms with Gasteiger partial charge in [0, 0.05) is 23.9 Å². The summed E-state index contributed by atoms with van der Waals surface area (Å²) in [7, 11) is -4.83. The summed E-state index contributed by atoms with van der Waals surface area (Å²) in [5.74, 6) is 0.459. The Hall–Kier alpha value is -1.74. The topological polar surface area (TPSA) is 157 Å². The molecular formula is C14H18NO8P. The summed E-state index contributed by atoms with van der Waals surface area (Å²) < 4.78 is 25.2. The average molecular weight is 359 g/mol. The number of ether oxygens (including phenoxy) is 1. The minimum atomic E-state index is -4.83. The van der Waals surface area contributed by atoms with Crippen molar-refractivity contribution in [1.29, 1.82) is 0 Å². The highest BCUT2D eigenvalue weighted by atomic mass is 31.2. The SMILES string of the molecule is [NH3+][C@@H](COP(=O)([O-])O)[C@H](O)CCOc1ccc2ccc(=O)oc2c1. The first-order chi connectivity index (χ1) is 11.2. The fourth-order valence-corrected chi connectivity index (χ4v) is 2.34. The molecule has 0 aliphatic rings. The molecule has 0 fully saturated rings. The first kappa shape index (κ1) is 18.6. The second kappa shape index (κ2) is 7.89. The minimum Gasteiger partial charge on any atom is -0.756 e. The van der Waals surface area contributed by atoms with E-state index < -0.39 is 32.2 Å². The van der Waals surface area contributed by atoms with Crippen molar-refractivity contribution >= 4 is 18.8 Å². The van der Waals surface area contributed by atoms with E-state index in [-0.39, 0.29) is 13.0 Å². The molecule has 132 valence electrons. The smallest absolute Gasteiger partial charge is 0.336 e. The Bertz CT molecular complexity index is 786. The van der Waals surface area contributed by atoms with Crippen molar-refractivity contribution in [3.8, 4) is 5.75 Å². The Labute approximate surface area is 136 Å². The number of hydrogen-bond acceptors (Lipinski definition) is 7. The standard InChI is InChI=1S/C14H18NO8P/c15-11(8-22-24(18,19)20)12(16)5-6-21-10-3-1-9-2-4-14(17)23-13(9)7-10/h1-4,7,11-12,16H,5-6,8,15H2,(H2,18,19,20)/t11-,12+/m0/s1. The van der Waals surface area contributed by atoms with Gasteiger partial charge in [0.25, 0.3) is 7.82 Å². The number of hydrogen-bond donors (Lipinski definition) is 3. The largest absolute Gasteiger partial charge is 0.756 e. The third-order valence-corrected chi connectivity index (χ3v) is 3.75. The third kappa shape index (κ3) is 5.72. The minimum absolute atomic E-state index is 0.129. The predicted octanol–water partition coefficient (Wildman–Crippen LogP) is -0.989. The second-order valence-corrected chi connectivity index (χ2v) is 6.38. The lowest BCUT2D eigenvalue weighted by Crippen LogP contribution is -2.68. The fraction of sp³-hybridized carbons (Fsp3) is 0.357. The number of rotatable bonds is 8. The first-order valence-electron chi connectivity index (χ1n) is 7.11. The van der Waals surface area contributed by atoms with Crippen LogP contribution in [-0.2, 0) is 9.09 Å². The molecule has 9 nitrogen and oxygen atoms in total. The fourth-order valence-electron chi connectivity index (χ4n) is 1.96. The Kier molecular flexibility index (Phi) is 6.11. The summed E-state index contributed by atoms with van der Waals surface area (Å²) in [5, 5.41) is 10.6. The number of fused-ring (bicyclic) bond motifs is 1. The molecule has 1 heterocycles. The zero-order valence-corrected chi connectivity index (χ0v) is 13.6. The van der Waals surface area contributed by atoms with E-state index in [2.05, 4.69) is 10.3 Å². The van der Waals surface area contributed by atoms with Gasteiger partial charge in [-0.1, -0.05) is 0 Å². The molecule has 2 rings (SSSR count). The zero-order chi connectivity index (χ0) is 17.7. The molecule has 2 aromatic rings. The van der Waals surface area contributed by atoms with Crippen molar-refractivity contribution < 1.29 is 38.9 Å². The van der Waals surface area contributed by atoms with Gasteiger partial charge >= 0.3 is 5.63 Å². The van der Waals surface area contributed by atoms with Crippen LogP contribution >= 0.6 is 7.82 Å². The van der Waals surface area contributed by atoms with Crippen LogP contribution in [0.15, 0.2) is 39.5 Å². The van der Waals surface area contributed by atoms with Gasteiger partial charge in [0.05, 0.1) is 6.61 Å². The predicted molar refractivity (Wildman–Crippen MR) is 81.1 cm³/mol. The number of benzene rings is 1. The van der Waals surface area contributed by atoms with Gasteiger partial charge in [0.1, 0.15) is 30.1 Å². The first-order valence-corrected chi connectivity index (χ1v) is 8.60. The molecule has 0 aliphatic heterocycles. The van der Waals surface area contributed by atoms with Crippen LogP contribution in [0.5, 0.6) is 5.75 Å². The van der Waals surface area contributed by atoms with Gasteiger partial charge in [-0.2, -0.15) is 0 Å². The quantitative estimate of drug-likeness (QED) is 0.400. The van der Waals surface area contributed by atoms with Gasteiger partial charge < -0.3 is 34.3 Å². The zero-order valence-electron chi connectivity index (χ0n) is 12.7. The summed E-state index contributed by atoms with van der Waals surface area (Å²) in [6.07, 6.45) is -0.807. The average Bonchev–Trinajstić information content (AvgIpc) is 2.51. The number of phosphoric ester groups is 1. The van der Waals surface area contributed by atoms with E-state index in [9.17, 15) is 19.4 Å². The third-order valence-electron chi connectivity index (χ3n) is 3.27. The van der Waals surface area contributed by atoms with E-state index in [1.165, 1.54) is 6.07 Å². The Morgan fingerprint density at radius 3 is 2.75 bits per heavy atom. The molecule has 0 saturated heterocycles. The maximum Gasteiger partial charge on any atom is 0.336 e. The summed E-state index contributed by atoms with van der Waals surface area (Å²) in [4.78, 5) is 30.2. The molecule has 0 bridgehead atoms. The Morgan fingerprint density at radius 2 is 2.04 bits per heavy atom. The van der Waals surface area contributed by atoms with E-state index >= 15 is 0 Å². The summed E-state index contributed by atoms with van der Waals surface area (Å²) >= 11 is 0. The van der Waals surface area contributed by atoms with Crippen molar-refractivity contribution in [2.24, 2.45) is 0 Å². The van der Waals surface area contributed by atoms with E-state index in [4.69, 9.17) is 14.0 Å². The molecule has 24 heavy (non-hydrogen) atoms. The lowest BCUT2D eigenvalue weighted by molar-refractivity contribution is -0.443. The van der Waals surface area contributed by atoms with Crippen LogP contribution in [0.4, 0.5) is 0 Å². The van der Waals surface area contributed by atoms with Gasteiger partial charge in [-0.25, -0.2) is 4.79 Å². The summed E-state index contributed by atoms with van der Waals surface area (Å²) in [6.45, 7) is -0.302. The molecule has 0 saturated carbocycles. The van der Waals surface area contributed by atoms with Crippen LogP contribution in [0.3, 0.4) is 0 Å². The van der Waals surface area contributed by atoms with Gasteiger partial charge in [0.15, 0.2) is 0 Å². The normalized spacial score (nSPS) is 16.5. The molecule has 0 aliphatic carbocycles. The van der Waals surface area contributed by atoms with Crippen molar-refractivity contribution in [2.45, 2.75) is 18.6 Å². The van der Waals surface area contributed by atoms with Crippen molar-refractivity contribution in [3.63, 3.8) is 0 Å². The van der Waals surface area contributed by atoms with Crippen LogP contribution in [0.2, 0.25) is 0 Å². The van der Waals surface area contributed by atoms with Gasteiger partial charge in [-0.05, 0) is 18.2 Å². The van der Waals surface area contributed by atoms with E-state index in [1.54, 1.807) is 24.3 Å². The molecule has 5 N–H and O–H groups in total. The van der Waals surface area contributed by atoms with Crippen LogP contribution in [-0.4, -0.2) is 35.4 Å². The summed E-state index contributed by atoms with van der Waals surface area (Å²) in [5.41, 5.74) is 3.49. The highest BCUT2D eigenvalue weighted by Gasteiger charge is 2.20. The lowest BCUT2D eigenvalue weighted by atomic mass is 10.1. The van der Waals surface area contributed by atoms with E-state index in [1.807, 2.05) is 0 Å². The maximum atomic E-state index is 11.2. The van der Waals surface area contributed by atoms with Crippen molar-refractivity contribution in [3.05, 3.63) is 40.8 Å². The summed E-state index contributed by atoms with van der Waals surface area (Å²) in [6, 6.07) is 7.19. The van der Waals surface area contributed by atoms with Crippen LogP contribution < -0.4 is 21.0 Å². The maximum absolute atomic E-state index is 11.2. The molecular weight excluding hydrogens is 341 g/mol. The van der Waals surface area contributed by atoms with Gasteiger partial charge in [0.2, 0.25) is 0 Å². The molecule has 1 aromatic heterocycles. The Balaban J connectivity index is 1.85. The van der Waals surface area contributed by atoms with E-state index in [0.717, 1.165) is 5.39 Å². The van der Waals surface area contributed by atoms with Crippen molar-refractivity contribution in [1.82, 2.24) is 0 Å². The Morgan fingerprint density at radius 1 is 1.33 bits per heavy atom. The lowest BCUT2D eigenvalue weighted by Gasteiger charge is -2.20. The van der Waals surface area contributed by atoms with Gasteiger partial charge in [-0.3, -0.25) is 4.57 Å². The highest BCUT2D eigenvalue weighted by Crippen LogP contribution is 2.30. The van der Waals surface area contributed by atoms with Gasteiger partial charge in [-0.15, -0.1) is 0 Å². The molecule has 1 aromatic carbocycles. The van der Waals surface area contributed by atoms with E-state index in [0.29, 0.717) is 11.3 Å². The molecule has 3 atom stereocenters. The molecule has 0 amide bonds. The number of quaternary nitrogens is 1. The monoisotopic (exact) mass is 359 g/mol. The molecule has 10 heteroatoms. The molecule has 1 unspecified atom stereocenters. The van der Waals surface area contributed by atoms with Crippen LogP contribution in [0, 0.1) is 0 Å². The molecule has 0 radical (unpaired) electrons. The highest BCUT2D eigenvalue weighted by molar-refractivity contribution is 7.44. The number of aliphatic hydroxyl groups is 1. The second-order valence-electron chi connectivity index (χ2n) is 5.18. The number of aliphatic hydroxyl groups excluding tert-OH is 1. The van der Waals surface area contributed by atoms with Crippen molar-refractivity contribution in [2.75, 3.05) is 13.2 Å².